The quantitative estimate of drug-likeness (QED) is 0.894. The van der Waals surface area contributed by atoms with E-state index in [2.05, 4.69) is 37.0 Å². The van der Waals surface area contributed by atoms with Gasteiger partial charge in [-0.1, -0.05) is 23.8 Å². The third-order valence-corrected chi connectivity index (χ3v) is 3.22. The first-order chi connectivity index (χ1) is 8.56. The van der Waals surface area contributed by atoms with E-state index in [1.165, 1.54) is 16.7 Å². The molecular weight excluding hydrogens is 222 g/mol. The second-order valence-electron chi connectivity index (χ2n) is 4.88. The van der Waals surface area contributed by atoms with Gasteiger partial charge in [0, 0.05) is 18.3 Å². The van der Waals surface area contributed by atoms with Gasteiger partial charge in [0.2, 0.25) is 0 Å². The third kappa shape index (κ3) is 2.96. The van der Waals surface area contributed by atoms with E-state index < -0.39 is 6.10 Å². The maximum atomic E-state index is 10.3. The van der Waals surface area contributed by atoms with Crippen LogP contribution in [0.15, 0.2) is 36.5 Å². The lowest BCUT2D eigenvalue weighted by molar-refractivity contribution is 0.178. The summed E-state index contributed by atoms with van der Waals surface area (Å²) in [5.74, 6) is 0. The van der Waals surface area contributed by atoms with E-state index in [1.54, 1.807) is 6.20 Å². The van der Waals surface area contributed by atoms with Crippen LogP contribution in [0.25, 0.3) is 0 Å². The van der Waals surface area contributed by atoms with Crippen LogP contribution in [-0.4, -0.2) is 10.1 Å². The number of aliphatic hydroxyl groups is 1. The summed E-state index contributed by atoms with van der Waals surface area (Å²) < 4.78 is 0. The summed E-state index contributed by atoms with van der Waals surface area (Å²) in [6, 6.07) is 10.2. The number of rotatable bonds is 3. The number of aryl methyl sites for hydroxylation is 3. The molecule has 0 bridgehead atoms. The minimum Gasteiger partial charge on any atom is -0.388 e. The van der Waals surface area contributed by atoms with Crippen LogP contribution in [0.4, 0.5) is 0 Å². The van der Waals surface area contributed by atoms with E-state index in [0.717, 1.165) is 11.3 Å². The molecule has 94 valence electrons. The number of nitrogens with zero attached hydrogens (tertiary/aromatic N) is 1. The van der Waals surface area contributed by atoms with Gasteiger partial charge >= 0.3 is 0 Å². The molecule has 0 amide bonds. The normalized spacial score (nSPS) is 12.4. The molecule has 0 aliphatic carbocycles. The highest BCUT2D eigenvalue weighted by atomic mass is 16.3. The van der Waals surface area contributed by atoms with E-state index in [0.29, 0.717) is 6.42 Å². The largest absolute Gasteiger partial charge is 0.388 e. The Labute approximate surface area is 108 Å². The van der Waals surface area contributed by atoms with Gasteiger partial charge in [0.1, 0.15) is 0 Å². The van der Waals surface area contributed by atoms with Gasteiger partial charge in [-0.05, 0) is 49.6 Å². The Kier molecular flexibility index (Phi) is 3.78. The van der Waals surface area contributed by atoms with Gasteiger partial charge < -0.3 is 5.11 Å². The molecule has 1 aromatic carbocycles. The Balaban J connectivity index is 2.21. The van der Waals surface area contributed by atoms with E-state index >= 15 is 0 Å². The molecule has 1 unspecified atom stereocenters. The summed E-state index contributed by atoms with van der Waals surface area (Å²) in [6.07, 6.45) is 1.93. The third-order valence-electron chi connectivity index (χ3n) is 3.22. The number of aromatic nitrogens is 1. The van der Waals surface area contributed by atoms with Crippen LogP contribution in [0, 0.1) is 20.8 Å². The van der Waals surface area contributed by atoms with Crippen molar-refractivity contribution in [1.82, 2.24) is 4.98 Å². The number of benzene rings is 1. The molecule has 0 saturated heterocycles. The molecule has 2 heteroatoms. The van der Waals surface area contributed by atoms with E-state index in [9.17, 15) is 5.11 Å². The number of pyridine rings is 1. The van der Waals surface area contributed by atoms with Gasteiger partial charge in [-0.25, -0.2) is 0 Å². The second kappa shape index (κ2) is 5.32. The molecule has 2 nitrogen and oxygen atoms in total. The molecule has 1 atom stereocenters. The minimum absolute atomic E-state index is 0.466. The molecular formula is C16H19NO. The van der Waals surface area contributed by atoms with Crippen LogP contribution in [0.2, 0.25) is 0 Å². The standard InChI is InChI=1S/C16H19NO/c1-11-4-5-12(2)15(8-11)10-16(18)14-6-7-17-13(3)9-14/h4-9,16,18H,10H2,1-3H3. The van der Waals surface area contributed by atoms with Gasteiger partial charge in [-0.15, -0.1) is 0 Å². The Morgan fingerprint density at radius 1 is 1.11 bits per heavy atom. The number of hydrogen-bond acceptors (Lipinski definition) is 2. The Hall–Kier alpha value is -1.67. The molecule has 2 rings (SSSR count). The van der Waals surface area contributed by atoms with Crippen LogP contribution in [0.3, 0.4) is 0 Å². The van der Waals surface area contributed by atoms with Crippen LogP contribution in [0.5, 0.6) is 0 Å². The van der Waals surface area contributed by atoms with Gasteiger partial charge in [0.25, 0.3) is 0 Å². The van der Waals surface area contributed by atoms with Crippen molar-refractivity contribution in [3.05, 3.63) is 64.5 Å². The Bertz CT molecular complexity index is 549. The number of aliphatic hydroxyl groups excluding tert-OH is 1. The predicted molar refractivity (Wildman–Crippen MR) is 73.6 cm³/mol. The minimum atomic E-state index is -0.466. The van der Waals surface area contributed by atoms with Crippen molar-refractivity contribution in [2.75, 3.05) is 0 Å². The molecule has 0 radical (unpaired) electrons. The van der Waals surface area contributed by atoms with E-state index in [1.807, 2.05) is 19.1 Å². The summed E-state index contributed by atoms with van der Waals surface area (Å²) in [4.78, 5) is 4.15. The molecule has 0 aliphatic heterocycles. The highest BCUT2D eigenvalue weighted by Gasteiger charge is 2.10. The van der Waals surface area contributed by atoms with Crippen LogP contribution >= 0.6 is 0 Å². The molecule has 0 aliphatic rings. The van der Waals surface area contributed by atoms with Gasteiger partial charge in [0.15, 0.2) is 0 Å². The zero-order valence-electron chi connectivity index (χ0n) is 11.1. The van der Waals surface area contributed by atoms with Crippen LogP contribution in [-0.2, 0) is 6.42 Å². The summed E-state index contributed by atoms with van der Waals surface area (Å²) in [6.45, 7) is 6.10. The maximum Gasteiger partial charge on any atom is 0.0831 e. The molecule has 1 N–H and O–H groups in total. The second-order valence-corrected chi connectivity index (χ2v) is 4.88. The Morgan fingerprint density at radius 2 is 1.89 bits per heavy atom. The summed E-state index contributed by atoms with van der Waals surface area (Å²) in [5, 5.41) is 10.3. The molecule has 0 spiro atoms. The molecule has 2 aromatic rings. The first-order valence-corrected chi connectivity index (χ1v) is 6.23. The van der Waals surface area contributed by atoms with Crippen LogP contribution in [0.1, 0.15) is 34.1 Å². The highest BCUT2D eigenvalue weighted by molar-refractivity contribution is 5.32. The lowest BCUT2D eigenvalue weighted by Gasteiger charge is -2.14. The monoisotopic (exact) mass is 241 g/mol. The maximum absolute atomic E-state index is 10.3. The summed E-state index contributed by atoms with van der Waals surface area (Å²) in [5.41, 5.74) is 5.53. The molecule has 0 saturated carbocycles. The smallest absolute Gasteiger partial charge is 0.0831 e. The zero-order chi connectivity index (χ0) is 13.1. The fourth-order valence-corrected chi connectivity index (χ4v) is 2.12. The number of hydrogen-bond donors (Lipinski definition) is 1. The topological polar surface area (TPSA) is 33.1 Å². The average molecular weight is 241 g/mol. The van der Waals surface area contributed by atoms with E-state index in [-0.39, 0.29) is 0 Å². The zero-order valence-corrected chi connectivity index (χ0v) is 11.1. The summed E-state index contributed by atoms with van der Waals surface area (Å²) in [7, 11) is 0. The van der Waals surface area contributed by atoms with Gasteiger partial charge in [-0.2, -0.15) is 0 Å². The molecule has 1 heterocycles. The molecule has 0 fully saturated rings. The van der Waals surface area contributed by atoms with E-state index in [4.69, 9.17) is 0 Å². The lowest BCUT2D eigenvalue weighted by Crippen LogP contribution is -2.04. The van der Waals surface area contributed by atoms with Crippen molar-refractivity contribution in [2.45, 2.75) is 33.3 Å². The average Bonchev–Trinajstić information content (AvgIpc) is 2.34. The fraction of sp³-hybridized carbons (Fsp3) is 0.312. The van der Waals surface area contributed by atoms with Crippen molar-refractivity contribution >= 4 is 0 Å². The first-order valence-electron chi connectivity index (χ1n) is 6.23. The van der Waals surface area contributed by atoms with Crippen molar-refractivity contribution < 1.29 is 5.11 Å². The first kappa shape index (κ1) is 12.8. The highest BCUT2D eigenvalue weighted by Crippen LogP contribution is 2.21. The van der Waals surface area contributed by atoms with Crippen molar-refractivity contribution in [1.29, 1.82) is 0 Å². The van der Waals surface area contributed by atoms with Crippen molar-refractivity contribution in [3.63, 3.8) is 0 Å². The van der Waals surface area contributed by atoms with Crippen molar-refractivity contribution in [3.8, 4) is 0 Å². The lowest BCUT2D eigenvalue weighted by atomic mass is 9.97. The molecule has 1 aromatic heterocycles. The summed E-state index contributed by atoms with van der Waals surface area (Å²) >= 11 is 0. The van der Waals surface area contributed by atoms with Crippen LogP contribution < -0.4 is 0 Å². The molecule has 18 heavy (non-hydrogen) atoms. The predicted octanol–water partition coefficient (Wildman–Crippen LogP) is 3.28. The SMILES string of the molecule is Cc1ccc(C)c(CC(O)c2ccnc(C)c2)c1. The van der Waals surface area contributed by atoms with Gasteiger partial charge in [0.05, 0.1) is 6.10 Å². The van der Waals surface area contributed by atoms with Crippen molar-refractivity contribution in [2.24, 2.45) is 0 Å². The fourth-order valence-electron chi connectivity index (χ4n) is 2.12. The van der Waals surface area contributed by atoms with Gasteiger partial charge in [-0.3, -0.25) is 4.98 Å². The Morgan fingerprint density at radius 3 is 2.61 bits per heavy atom.